The van der Waals surface area contributed by atoms with E-state index in [4.69, 9.17) is 19.4 Å². The van der Waals surface area contributed by atoms with Crippen LogP contribution < -0.4 is 0 Å². The smallest absolute Gasteiger partial charge is 0.167 e. The van der Waals surface area contributed by atoms with Crippen molar-refractivity contribution in [1.29, 1.82) is 0 Å². The highest BCUT2D eigenvalue weighted by Crippen LogP contribution is 2.43. The Bertz CT molecular complexity index is 2860. The molecule has 5 heteroatoms. The first kappa shape index (κ1) is 28.6. The van der Waals surface area contributed by atoms with E-state index in [9.17, 15) is 0 Å². The molecule has 0 bridgehead atoms. The molecule has 0 saturated carbocycles. The van der Waals surface area contributed by atoms with Gasteiger partial charge in [-0.1, -0.05) is 140 Å². The van der Waals surface area contributed by atoms with Gasteiger partial charge < -0.3 is 4.42 Å². The van der Waals surface area contributed by atoms with E-state index >= 15 is 0 Å². The molecule has 0 unspecified atom stereocenters. The summed E-state index contributed by atoms with van der Waals surface area (Å²) < 4.78 is 9.03. The monoisotopic (exact) mass is 657 g/mol. The minimum atomic E-state index is 0.573. The lowest BCUT2D eigenvalue weighted by Crippen LogP contribution is -2.00. The van der Waals surface area contributed by atoms with Crippen molar-refractivity contribution < 1.29 is 4.42 Å². The minimum Gasteiger partial charge on any atom is -0.455 e. The molecule has 3 heterocycles. The molecule has 0 radical (unpaired) electrons. The Kier molecular flexibility index (Phi) is 6.64. The molecule has 0 aliphatic rings. The van der Waals surface area contributed by atoms with E-state index in [1.54, 1.807) is 11.3 Å². The summed E-state index contributed by atoms with van der Waals surface area (Å²) in [5, 5.41) is 4.53. The van der Waals surface area contributed by atoms with Crippen LogP contribution in [-0.2, 0) is 0 Å². The first-order valence-electron chi connectivity index (χ1n) is 16.6. The number of aromatic nitrogens is 3. The fraction of sp³-hybridized carbons (Fsp3) is 0. The quantitative estimate of drug-likeness (QED) is 0.185. The largest absolute Gasteiger partial charge is 0.455 e. The van der Waals surface area contributed by atoms with Crippen LogP contribution in [0.25, 0.3) is 98.5 Å². The Balaban J connectivity index is 1.19. The van der Waals surface area contributed by atoms with Crippen molar-refractivity contribution in [2.24, 2.45) is 0 Å². The molecule has 0 atom stereocenters. The van der Waals surface area contributed by atoms with Crippen LogP contribution in [0.5, 0.6) is 0 Å². The fourth-order valence-electron chi connectivity index (χ4n) is 7.00. The van der Waals surface area contributed by atoms with Crippen LogP contribution in [0.3, 0.4) is 0 Å². The molecule has 3 aromatic heterocycles. The van der Waals surface area contributed by atoms with Crippen molar-refractivity contribution in [1.82, 2.24) is 15.0 Å². The van der Waals surface area contributed by atoms with E-state index in [0.717, 1.165) is 54.5 Å². The average Bonchev–Trinajstić information content (AvgIpc) is 3.77. The normalized spacial score (nSPS) is 11.6. The van der Waals surface area contributed by atoms with Gasteiger partial charge in [-0.05, 0) is 46.5 Å². The van der Waals surface area contributed by atoms with Gasteiger partial charge in [0.25, 0.3) is 0 Å². The van der Waals surface area contributed by atoms with Gasteiger partial charge in [0.05, 0.1) is 5.56 Å². The van der Waals surface area contributed by atoms with Crippen LogP contribution in [0.15, 0.2) is 168 Å². The average molecular weight is 658 g/mol. The summed E-state index contributed by atoms with van der Waals surface area (Å²) >= 11 is 1.78. The Hall–Kier alpha value is -6.43. The molecular formula is C45H27N3OS. The molecule has 234 valence electrons. The van der Waals surface area contributed by atoms with E-state index in [1.807, 2.05) is 48.5 Å². The number of hydrogen-bond donors (Lipinski definition) is 0. The molecule has 0 amide bonds. The van der Waals surface area contributed by atoms with E-state index in [-0.39, 0.29) is 0 Å². The molecule has 4 nitrogen and oxygen atoms in total. The van der Waals surface area contributed by atoms with Gasteiger partial charge in [0.15, 0.2) is 17.5 Å². The molecule has 7 aromatic carbocycles. The summed E-state index contributed by atoms with van der Waals surface area (Å²) in [6.07, 6.45) is 0. The Labute approximate surface area is 292 Å². The summed E-state index contributed by atoms with van der Waals surface area (Å²) in [7, 11) is 0. The topological polar surface area (TPSA) is 51.8 Å². The SMILES string of the molecule is c1ccc(-c2ccc3c(c2)sc2c(-c4nc(-c5ccccc5)nc(-c5cccc6c5oc5cccc(-c7ccccc7)c56)n4)cccc23)cc1. The predicted molar refractivity (Wildman–Crippen MR) is 207 cm³/mol. The molecule has 50 heavy (non-hydrogen) atoms. The Morgan fingerprint density at radius 3 is 1.76 bits per heavy atom. The molecule has 0 N–H and O–H groups in total. The van der Waals surface area contributed by atoms with E-state index < -0.39 is 0 Å². The summed E-state index contributed by atoms with van der Waals surface area (Å²) in [5.74, 6) is 1.82. The van der Waals surface area contributed by atoms with Crippen LogP contribution in [0.4, 0.5) is 0 Å². The van der Waals surface area contributed by atoms with Gasteiger partial charge in [0.1, 0.15) is 11.2 Å². The zero-order valence-electron chi connectivity index (χ0n) is 26.7. The number of thiophene rings is 1. The van der Waals surface area contributed by atoms with Gasteiger partial charge in [-0.3, -0.25) is 0 Å². The van der Waals surface area contributed by atoms with E-state index in [0.29, 0.717) is 17.5 Å². The zero-order chi connectivity index (χ0) is 33.0. The highest BCUT2D eigenvalue weighted by atomic mass is 32.1. The maximum absolute atomic E-state index is 6.65. The van der Waals surface area contributed by atoms with Gasteiger partial charge in [-0.15, -0.1) is 11.3 Å². The summed E-state index contributed by atoms with van der Waals surface area (Å²) in [6.45, 7) is 0. The van der Waals surface area contributed by atoms with Crippen LogP contribution in [-0.4, -0.2) is 15.0 Å². The number of para-hydroxylation sites is 1. The maximum atomic E-state index is 6.65. The fourth-order valence-corrected chi connectivity index (χ4v) is 8.25. The minimum absolute atomic E-state index is 0.573. The van der Waals surface area contributed by atoms with E-state index in [1.165, 1.54) is 26.6 Å². The Morgan fingerprint density at radius 2 is 1.00 bits per heavy atom. The van der Waals surface area contributed by atoms with Crippen molar-refractivity contribution in [2.75, 3.05) is 0 Å². The number of rotatable bonds is 5. The van der Waals surface area contributed by atoms with Gasteiger partial charge in [-0.2, -0.15) is 0 Å². The summed E-state index contributed by atoms with van der Waals surface area (Å²) in [5.41, 5.74) is 9.01. The molecule has 0 aliphatic carbocycles. The van der Waals surface area contributed by atoms with E-state index in [2.05, 4.69) is 115 Å². The lowest BCUT2D eigenvalue weighted by molar-refractivity contribution is 0.669. The first-order valence-corrected chi connectivity index (χ1v) is 17.4. The molecule has 0 fully saturated rings. The standard InChI is InChI=1S/C45H27N3OS/c1-4-13-28(14-5-1)31-25-26-33-34-20-10-23-37(42(34)50-39(33)27-31)45-47-43(30-17-8-3-9-18-30)46-44(48-45)36-22-11-21-35-40-32(29-15-6-2-7-16-29)19-12-24-38(40)49-41(35)36/h1-27H. The zero-order valence-corrected chi connectivity index (χ0v) is 27.6. The predicted octanol–water partition coefficient (Wildman–Crippen LogP) is 12.5. The van der Waals surface area contributed by atoms with Gasteiger partial charge in [0, 0.05) is 42.1 Å². The van der Waals surface area contributed by atoms with Crippen molar-refractivity contribution >= 4 is 53.4 Å². The number of hydrogen-bond acceptors (Lipinski definition) is 5. The second-order valence-electron chi connectivity index (χ2n) is 12.4. The van der Waals surface area contributed by atoms with Gasteiger partial charge in [-0.25, -0.2) is 15.0 Å². The molecule has 0 spiro atoms. The molecule has 0 saturated heterocycles. The van der Waals surface area contributed by atoms with Crippen molar-refractivity contribution in [2.45, 2.75) is 0 Å². The number of nitrogens with zero attached hydrogens (tertiary/aromatic N) is 3. The highest BCUT2D eigenvalue weighted by molar-refractivity contribution is 7.26. The van der Waals surface area contributed by atoms with Crippen LogP contribution in [0, 0.1) is 0 Å². The number of benzene rings is 7. The first-order chi connectivity index (χ1) is 24.8. The molecule has 0 aliphatic heterocycles. The van der Waals surface area contributed by atoms with Crippen LogP contribution in [0.2, 0.25) is 0 Å². The summed E-state index contributed by atoms with van der Waals surface area (Å²) in [4.78, 5) is 15.4. The van der Waals surface area contributed by atoms with Crippen molar-refractivity contribution in [3.05, 3.63) is 164 Å². The number of fused-ring (bicyclic) bond motifs is 6. The third-order valence-electron chi connectivity index (χ3n) is 9.36. The molecule has 10 aromatic rings. The van der Waals surface area contributed by atoms with Crippen molar-refractivity contribution in [3.8, 4) is 56.4 Å². The molecular weight excluding hydrogens is 631 g/mol. The summed E-state index contributed by atoms with van der Waals surface area (Å²) in [6, 6.07) is 56.7. The third kappa shape index (κ3) is 4.71. The Morgan fingerprint density at radius 1 is 0.400 bits per heavy atom. The lowest BCUT2D eigenvalue weighted by atomic mass is 9.99. The van der Waals surface area contributed by atoms with Crippen molar-refractivity contribution in [3.63, 3.8) is 0 Å². The van der Waals surface area contributed by atoms with Crippen LogP contribution in [0.1, 0.15) is 0 Å². The third-order valence-corrected chi connectivity index (χ3v) is 10.6. The van der Waals surface area contributed by atoms with Gasteiger partial charge >= 0.3 is 0 Å². The van der Waals surface area contributed by atoms with Crippen LogP contribution >= 0.6 is 11.3 Å². The van der Waals surface area contributed by atoms with Gasteiger partial charge in [0.2, 0.25) is 0 Å². The second-order valence-corrected chi connectivity index (χ2v) is 13.4. The number of furan rings is 1. The lowest BCUT2D eigenvalue weighted by Gasteiger charge is -2.09. The highest BCUT2D eigenvalue weighted by Gasteiger charge is 2.21. The molecule has 10 rings (SSSR count). The maximum Gasteiger partial charge on any atom is 0.167 e. The second kappa shape index (κ2) is 11.6.